The van der Waals surface area contributed by atoms with Crippen LogP contribution in [0.3, 0.4) is 0 Å². The van der Waals surface area contributed by atoms with E-state index in [0.29, 0.717) is 11.3 Å². The van der Waals surface area contributed by atoms with Crippen LogP contribution >= 0.6 is 11.3 Å². The van der Waals surface area contributed by atoms with Crippen LogP contribution in [0.5, 0.6) is 17.2 Å². The van der Waals surface area contributed by atoms with Gasteiger partial charge in [0.05, 0.1) is 31.6 Å². The normalized spacial score (nSPS) is 13.8. The standard InChI is InChI=1S/C27H22O5S/c1-29-20-8-4-18(5-9-20)27(19-6-10-21(30-2)11-7-19)14-12-22-23(26(28)31-3)16-17-13-15-33-25(17)24(22)32-27/h4-16H,1-3H3. The number of benzene rings is 3. The van der Waals surface area contributed by atoms with Crippen molar-refractivity contribution < 1.29 is 23.7 Å². The highest BCUT2D eigenvalue weighted by Crippen LogP contribution is 2.48. The Bertz CT molecular complexity index is 1300. The first kappa shape index (κ1) is 21.1. The van der Waals surface area contributed by atoms with Gasteiger partial charge in [0.1, 0.15) is 17.2 Å². The third-order valence-corrected chi connectivity index (χ3v) is 6.86. The van der Waals surface area contributed by atoms with Gasteiger partial charge in [0.15, 0.2) is 5.60 Å². The predicted molar refractivity (Wildman–Crippen MR) is 130 cm³/mol. The molecule has 1 aromatic heterocycles. The van der Waals surface area contributed by atoms with Gasteiger partial charge in [-0.15, -0.1) is 11.3 Å². The molecule has 0 aliphatic carbocycles. The maximum Gasteiger partial charge on any atom is 0.338 e. The lowest BCUT2D eigenvalue weighted by molar-refractivity contribution is 0.0599. The molecule has 4 aromatic rings. The topological polar surface area (TPSA) is 54.0 Å². The molecule has 0 atom stereocenters. The van der Waals surface area contributed by atoms with Crippen molar-refractivity contribution in [2.24, 2.45) is 0 Å². The summed E-state index contributed by atoms with van der Waals surface area (Å²) in [5.74, 6) is 1.79. The van der Waals surface area contributed by atoms with Crippen molar-refractivity contribution in [1.29, 1.82) is 0 Å². The van der Waals surface area contributed by atoms with Gasteiger partial charge in [-0.2, -0.15) is 0 Å². The van der Waals surface area contributed by atoms with E-state index in [-0.39, 0.29) is 0 Å². The molecule has 5 rings (SSSR count). The molecule has 6 heteroatoms. The summed E-state index contributed by atoms with van der Waals surface area (Å²) >= 11 is 1.58. The zero-order valence-electron chi connectivity index (χ0n) is 18.5. The number of carbonyl (C=O) groups excluding carboxylic acids is 1. The Kier molecular flexibility index (Phi) is 5.30. The highest BCUT2D eigenvalue weighted by atomic mass is 32.1. The number of fused-ring (bicyclic) bond motifs is 3. The largest absolute Gasteiger partial charge is 0.497 e. The molecule has 0 spiro atoms. The van der Waals surface area contributed by atoms with Crippen molar-refractivity contribution >= 4 is 33.5 Å². The molecule has 0 amide bonds. The summed E-state index contributed by atoms with van der Waals surface area (Å²) < 4.78 is 23.6. The molecule has 166 valence electrons. The average Bonchev–Trinajstić information content (AvgIpc) is 3.36. The molecule has 0 bridgehead atoms. The molecule has 0 saturated carbocycles. The van der Waals surface area contributed by atoms with Gasteiger partial charge in [0, 0.05) is 16.7 Å². The Labute approximate surface area is 195 Å². The molecular weight excluding hydrogens is 436 g/mol. The second kappa shape index (κ2) is 8.30. The summed E-state index contributed by atoms with van der Waals surface area (Å²) in [5.41, 5.74) is 2.16. The van der Waals surface area contributed by atoms with Crippen LogP contribution in [0, 0.1) is 0 Å². The second-order valence-corrected chi connectivity index (χ2v) is 8.54. The van der Waals surface area contributed by atoms with Crippen molar-refractivity contribution in [3.63, 3.8) is 0 Å². The van der Waals surface area contributed by atoms with Crippen molar-refractivity contribution in [1.82, 2.24) is 0 Å². The van der Waals surface area contributed by atoms with Crippen LogP contribution in [0.15, 0.2) is 72.1 Å². The minimum Gasteiger partial charge on any atom is -0.497 e. The van der Waals surface area contributed by atoms with Crippen molar-refractivity contribution in [2.45, 2.75) is 5.60 Å². The van der Waals surface area contributed by atoms with Crippen LogP contribution in [0.4, 0.5) is 0 Å². The monoisotopic (exact) mass is 458 g/mol. The minimum atomic E-state index is -0.906. The van der Waals surface area contributed by atoms with E-state index in [1.54, 1.807) is 25.6 Å². The molecule has 0 saturated heterocycles. The van der Waals surface area contributed by atoms with Crippen molar-refractivity contribution in [2.75, 3.05) is 21.3 Å². The number of hydrogen-bond donors (Lipinski definition) is 0. The molecule has 0 unspecified atom stereocenters. The Balaban J connectivity index is 1.75. The molecule has 2 heterocycles. The van der Waals surface area contributed by atoms with E-state index in [0.717, 1.165) is 38.3 Å². The van der Waals surface area contributed by atoms with Crippen molar-refractivity contribution in [3.05, 3.63) is 94.4 Å². The molecule has 33 heavy (non-hydrogen) atoms. The number of esters is 1. The van der Waals surface area contributed by atoms with Crippen LogP contribution in [0.25, 0.3) is 16.2 Å². The number of rotatable bonds is 5. The van der Waals surface area contributed by atoms with Crippen LogP contribution in [0.2, 0.25) is 0 Å². The summed E-state index contributed by atoms with van der Waals surface area (Å²) in [5, 5.41) is 2.93. The van der Waals surface area contributed by atoms with E-state index in [9.17, 15) is 4.79 Å². The van der Waals surface area contributed by atoms with E-state index in [2.05, 4.69) is 0 Å². The smallest absolute Gasteiger partial charge is 0.338 e. The van der Waals surface area contributed by atoms with Crippen molar-refractivity contribution in [3.8, 4) is 17.2 Å². The lowest BCUT2D eigenvalue weighted by atomic mass is 9.83. The summed E-state index contributed by atoms with van der Waals surface area (Å²) in [6.07, 6.45) is 3.95. The molecule has 3 aromatic carbocycles. The summed E-state index contributed by atoms with van der Waals surface area (Å²) in [6, 6.07) is 19.5. The number of hydrogen-bond acceptors (Lipinski definition) is 6. The third kappa shape index (κ3) is 3.43. The van der Waals surface area contributed by atoms with Gasteiger partial charge in [-0.05, 0) is 59.3 Å². The van der Waals surface area contributed by atoms with E-state index >= 15 is 0 Å². The van der Waals surface area contributed by atoms with Crippen LogP contribution in [0.1, 0.15) is 27.0 Å². The summed E-state index contributed by atoms with van der Waals surface area (Å²) in [7, 11) is 4.67. The molecule has 0 fully saturated rings. The molecule has 5 nitrogen and oxygen atoms in total. The second-order valence-electron chi connectivity index (χ2n) is 7.63. The Morgan fingerprint density at radius 1 is 0.879 bits per heavy atom. The third-order valence-electron chi connectivity index (χ3n) is 5.93. The highest BCUT2D eigenvalue weighted by Gasteiger charge is 2.39. The maximum atomic E-state index is 12.6. The molecule has 0 radical (unpaired) electrons. The lowest BCUT2D eigenvalue weighted by Gasteiger charge is -2.36. The number of ether oxygens (including phenoxy) is 4. The molecule has 0 N–H and O–H groups in total. The maximum absolute atomic E-state index is 12.6. The first-order chi connectivity index (χ1) is 16.1. The Hall–Kier alpha value is -3.77. The van der Waals surface area contributed by atoms with Gasteiger partial charge < -0.3 is 18.9 Å². The first-order valence-corrected chi connectivity index (χ1v) is 11.3. The fourth-order valence-electron chi connectivity index (χ4n) is 4.19. The zero-order valence-corrected chi connectivity index (χ0v) is 19.3. The van der Waals surface area contributed by atoms with Gasteiger partial charge >= 0.3 is 5.97 Å². The van der Waals surface area contributed by atoms with Crippen LogP contribution < -0.4 is 14.2 Å². The Morgan fingerprint density at radius 2 is 1.48 bits per heavy atom. The molecular formula is C27H22O5S. The first-order valence-electron chi connectivity index (χ1n) is 10.4. The quantitative estimate of drug-likeness (QED) is 0.341. The van der Waals surface area contributed by atoms with Crippen LogP contribution in [-0.4, -0.2) is 27.3 Å². The number of thiophene rings is 1. The Morgan fingerprint density at radius 3 is 2.03 bits per heavy atom. The fraction of sp³-hybridized carbons (Fsp3) is 0.148. The summed E-state index contributed by atoms with van der Waals surface area (Å²) in [4.78, 5) is 12.6. The van der Waals surface area contributed by atoms with E-state index in [4.69, 9.17) is 18.9 Å². The number of carbonyl (C=O) groups is 1. The molecule has 1 aliphatic heterocycles. The zero-order chi connectivity index (χ0) is 23.0. The summed E-state index contributed by atoms with van der Waals surface area (Å²) in [6.45, 7) is 0. The van der Waals surface area contributed by atoms with Gasteiger partial charge in [0.25, 0.3) is 0 Å². The fourth-order valence-corrected chi connectivity index (χ4v) is 5.06. The average molecular weight is 459 g/mol. The molecule has 1 aliphatic rings. The van der Waals surface area contributed by atoms with E-state index in [1.807, 2.05) is 78.2 Å². The van der Waals surface area contributed by atoms with Crippen LogP contribution in [-0.2, 0) is 10.3 Å². The van der Waals surface area contributed by atoms with Gasteiger partial charge in [0.2, 0.25) is 0 Å². The predicted octanol–water partition coefficient (Wildman–Crippen LogP) is 6.05. The lowest BCUT2D eigenvalue weighted by Crippen LogP contribution is -2.34. The van der Waals surface area contributed by atoms with Gasteiger partial charge in [-0.3, -0.25) is 0 Å². The van der Waals surface area contributed by atoms with E-state index < -0.39 is 11.6 Å². The SMILES string of the molecule is COC(=O)c1cc2ccsc2c2c1C=CC(c1ccc(OC)cc1)(c1ccc(OC)cc1)O2. The van der Waals surface area contributed by atoms with E-state index in [1.165, 1.54) is 7.11 Å². The van der Waals surface area contributed by atoms with Gasteiger partial charge in [-0.25, -0.2) is 4.79 Å². The number of methoxy groups -OCH3 is 3. The highest BCUT2D eigenvalue weighted by molar-refractivity contribution is 7.17. The van der Waals surface area contributed by atoms with Gasteiger partial charge in [-0.1, -0.05) is 24.3 Å². The minimum absolute atomic E-state index is 0.394.